The van der Waals surface area contributed by atoms with E-state index in [1.54, 1.807) is 10.6 Å². The molecule has 8 heteroatoms. The fourth-order valence-corrected chi connectivity index (χ4v) is 9.91. The molecule has 2 aromatic heterocycles. The highest BCUT2D eigenvalue weighted by Gasteiger charge is 2.32. The van der Waals surface area contributed by atoms with Crippen LogP contribution in [-0.2, 0) is 0 Å². The minimum absolute atomic E-state index is 0.0606. The Hall–Kier alpha value is -9.06. The van der Waals surface area contributed by atoms with Gasteiger partial charge < -0.3 is 9.13 Å². The van der Waals surface area contributed by atoms with Gasteiger partial charge in [0.15, 0.2) is 23.3 Å². The highest BCUT2D eigenvalue weighted by Crippen LogP contribution is 2.49. The van der Waals surface area contributed by atoms with Crippen LogP contribution in [0.25, 0.3) is 115 Å². The van der Waals surface area contributed by atoms with Gasteiger partial charge in [-0.05, 0) is 74.8 Å². The Morgan fingerprint density at radius 1 is 0.319 bits per heavy atom. The van der Waals surface area contributed by atoms with Gasteiger partial charge in [-0.3, -0.25) is 0 Å². The molecule has 0 aliphatic heterocycles. The number of aromatic nitrogens is 2. The molecule has 0 atom stereocenters. The third-order valence-electron chi connectivity index (χ3n) is 13.1. The number of hydrogen-bond acceptors (Lipinski definition) is 0. The number of halogens is 5. The highest BCUT2D eigenvalue weighted by molar-refractivity contribution is 6.14. The number of rotatable bonds is 7. The molecule has 69 heavy (non-hydrogen) atoms. The first kappa shape index (κ1) is 41.4. The van der Waals surface area contributed by atoms with Crippen molar-refractivity contribution in [2.75, 3.05) is 0 Å². The Bertz CT molecular complexity index is 3840. The molecule has 0 saturated heterocycles. The van der Waals surface area contributed by atoms with Crippen molar-refractivity contribution in [3.05, 3.63) is 247 Å². The van der Waals surface area contributed by atoms with E-state index in [-0.39, 0.29) is 16.9 Å². The molecule has 0 unspecified atom stereocenters. The average molecular weight is 904 g/mol. The van der Waals surface area contributed by atoms with Gasteiger partial charge >= 0.3 is 0 Å². The van der Waals surface area contributed by atoms with Gasteiger partial charge in [0.25, 0.3) is 0 Å². The smallest absolute Gasteiger partial charge is 0.234 e. The van der Waals surface area contributed by atoms with Crippen molar-refractivity contribution in [1.29, 1.82) is 0 Å². The van der Waals surface area contributed by atoms with Crippen LogP contribution >= 0.6 is 0 Å². The molecule has 3 nitrogen and oxygen atoms in total. The Morgan fingerprint density at radius 3 is 0.971 bits per heavy atom. The van der Waals surface area contributed by atoms with E-state index in [1.807, 2.05) is 187 Å². The summed E-state index contributed by atoms with van der Waals surface area (Å²) < 4.78 is 82.7. The van der Waals surface area contributed by atoms with E-state index in [9.17, 15) is 4.39 Å². The summed E-state index contributed by atoms with van der Waals surface area (Å²) in [6.45, 7) is 9.16. The lowest BCUT2D eigenvalue weighted by Gasteiger charge is -2.21. The van der Waals surface area contributed by atoms with Crippen molar-refractivity contribution < 1.29 is 22.0 Å². The fourth-order valence-electron chi connectivity index (χ4n) is 9.91. The van der Waals surface area contributed by atoms with Gasteiger partial charge in [0.05, 0.1) is 45.6 Å². The second-order valence-corrected chi connectivity index (χ2v) is 16.9. The Morgan fingerprint density at radius 2 is 0.638 bits per heavy atom. The Balaban J connectivity index is 1.27. The zero-order chi connectivity index (χ0) is 46.9. The number of hydrogen-bond donors (Lipinski definition) is 0. The number of nitrogens with zero attached hydrogens (tertiary/aromatic N) is 3. The van der Waals surface area contributed by atoms with Crippen LogP contribution in [0.4, 0.5) is 27.6 Å². The van der Waals surface area contributed by atoms with Crippen LogP contribution in [-0.4, -0.2) is 9.13 Å². The largest absolute Gasteiger partial charge is 0.319 e. The van der Waals surface area contributed by atoms with Crippen LogP contribution in [0.5, 0.6) is 0 Å². The minimum atomic E-state index is -2.28. The molecule has 0 spiro atoms. The first-order valence-corrected chi connectivity index (χ1v) is 22.2. The van der Waals surface area contributed by atoms with E-state index in [4.69, 9.17) is 6.57 Å². The molecule has 0 amide bonds. The lowest BCUT2D eigenvalue weighted by molar-refractivity contribution is 0.381. The molecule has 0 fully saturated rings. The van der Waals surface area contributed by atoms with E-state index >= 15 is 17.6 Å². The quantitative estimate of drug-likeness (QED) is 0.0655. The molecule has 12 rings (SSSR count). The Labute approximate surface area is 392 Å². The monoisotopic (exact) mass is 903 g/mol. The summed E-state index contributed by atoms with van der Waals surface area (Å²) in [6.07, 6.45) is 0. The first-order valence-electron chi connectivity index (χ1n) is 22.2. The number of benzene rings is 10. The molecule has 12 aromatic rings. The maximum absolute atomic E-state index is 16.5. The van der Waals surface area contributed by atoms with Crippen molar-refractivity contribution in [2.45, 2.75) is 0 Å². The van der Waals surface area contributed by atoms with Crippen LogP contribution in [0, 0.1) is 35.7 Å². The van der Waals surface area contributed by atoms with Gasteiger partial charge in [-0.2, -0.15) is 0 Å². The van der Waals surface area contributed by atoms with Crippen LogP contribution in [0.3, 0.4) is 0 Å². The zero-order valence-electron chi connectivity index (χ0n) is 36.4. The Kier molecular flexibility index (Phi) is 9.82. The van der Waals surface area contributed by atoms with Gasteiger partial charge in [0.2, 0.25) is 11.5 Å². The molecule has 0 N–H and O–H groups in total. The van der Waals surface area contributed by atoms with Crippen molar-refractivity contribution >= 4 is 49.3 Å². The summed E-state index contributed by atoms with van der Waals surface area (Å²) in [5.74, 6) is -10.5. The maximum atomic E-state index is 16.5. The van der Waals surface area contributed by atoms with Gasteiger partial charge in [0, 0.05) is 27.1 Å². The summed E-state index contributed by atoms with van der Waals surface area (Å²) in [6, 6.07) is 66.1. The molecular weight excluding hydrogens is 870 g/mol. The topological polar surface area (TPSA) is 14.2 Å². The van der Waals surface area contributed by atoms with Crippen molar-refractivity contribution in [3.8, 4) is 67.0 Å². The molecule has 10 aromatic carbocycles. The van der Waals surface area contributed by atoms with Crippen LogP contribution in [0.1, 0.15) is 0 Å². The minimum Gasteiger partial charge on any atom is -0.319 e. The van der Waals surface area contributed by atoms with E-state index in [2.05, 4.69) is 17.0 Å². The molecular formula is C61H34F5N3. The lowest BCUT2D eigenvalue weighted by Crippen LogP contribution is -2.08. The van der Waals surface area contributed by atoms with E-state index < -0.39 is 34.6 Å². The molecule has 0 bridgehead atoms. The van der Waals surface area contributed by atoms with Crippen LogP contribution < -0.4 is 0 Å². The normalized spacial score (nSPS) is 11.5. The zero-order valence-corrected chi connectivity index (χ0v) is 36.4. The van der Waals surface area contributed by atoms with Gasteiger partial charge in [0.1, 0.15) is 0 Å². The SMILES string of the molecule is [C-]#[N+]c1c(-n2c3cc(-c4ccccc4)ccc3c3ccc(-c4ccccc4)cc32)ccc(-c2c(F)c(F)c(F)c(F)c2F)c1-n1c2cc(-c3ccccc3)ccc2c2ccc(-c3ccccc3)cc21. The fraction of sp³-hybridized carbons (Fsp3) is 0. The average Bonchev–Trinajstić information content (AvgIpc) is 3.91. The summed E-state index contributed by atoms with van der Waals surface area (Å²) in [7, 11) is 0. The van der Waals surface area contributed by atoms with E-state index in [0.717, 1.165) is 77.1 Å². The summed E-state index contributed by atoms with van der Waals surface area (Å²) in [5.41, 5.74) is 8.34. The lowest BCUT2D eigenvalue weighted by atomic mass is 9.98. The molecule has 0 aliphatic rings. The first-order chi connectivity index (χ1) is 33.8. The summed E-state index contributed by atoms with van der Waals surface area (Å²) in [5, 5.41) is 3.24. The van der Waals surface area contributed by atoms with Crippen molar-refractivity contribution in [3.63, 3.8) is 0 Å². The third-order valence-corrected chi connectivity index (χ3v) is 13.1. The van der Waals surface area contributed by atoms with E-state index in [0.29, 0.717) is 16.7 Å². The van der Waals surface area contributed by atoms with Crippen molar-refractivity contribution in [2.24, 2.45) is 0 Å². The summed E-state index contributed by atoms with van der Waals surface area (Å²) in [4.78, 5) is 4.24. The molecule has 2 heterocycles. The second kappa shape index (κ2) is 16.4. The second-order valence-electron chi connectivity index (χ2n) is 16.9. The van der Waals surface area contributed by atoms with Crippen molar-refractivity contribution in [1.82, 2.24) is 9.13 Å². The highest BCUT2D eigenvalue weighted by atomic mass is 19.2. The standard InChI is InChI=1S/C61H34F5N3/c1-67-60-49(68-50-32-40(36-14-6-2-7-15-36)22-26-44(50)45-27-23-41(33-51(45)68)37-16-8-3-9-17-37)31-30-48(54-55(62)57(64)59(66)58(65)56(54)63)61(60)69-52-34-42(38-18-10-4-11-19-38)24-28-46(52)47-29-25-43(35-53(47)69)39-20-12-5-13-21-39/h2-35H. The van der Waals surface area contributed by atoms with E-state index in [1.165, 1.54) is 6.07 Å². The number of fused-ring (bicyclic) bond motifs is 6. The van der Waals surface area contributed by atoms with Crippen LogP contribution in [0.15, 0.2) is 206 Å². The third kappa shape index (κ3) is 6.62. The molecule has 0 saturated carbocycles. The van der Waals surface area contributed by atoms with Gasteiger partial charge in [-0.15, -0.1) is 0 Å². The summed E-state index contributed by atoms with van der Waals surface area (Å²) >= 11 is 0. The van der Waals surface area contributed by atoms with Crippen LogP contribution in [0.2, 0.25) is 0 Å². The molecule has 0 aliphatic carbocycles. The molecule has 0 radical (unpaired) electrons. The molecule has 328 valence electrons. The van der Waals surface area contributed by atoms with Gasteiger partial charge in [-0.1, -0.05) is 176 Å². The predicted molar refractivity (Wildman–Crippen MR) is 268 cm³/mol. The predicted octanol–water partition coefficient (Wildman–Crippen LogP) is 17.5. The maximum Gasteiger partial charge on any atom is 0.234 e. The van der Waals surface area contributed by atoms with Gasteiger partial charge in [-0.25, -0.2) is 26.8 Å².